The number of nitrogens with one attached hydrogen (secondary N) is 1. The number of aliphatic hydroxyl groups excluding tert-OH is 1. The third-order valence-electron chi connectivity index (χ3n) is 12.2. The van der Waals surface area contributed by atoms with E-state index in [9.17, 15) is 24.6 Å². The number of carbonyl (C=O) groups excluding carboxylic acids is 2. The summed E-state index contributed by atoms with van der Waals surface area (Å²) in [6, 6.07) is 53.7. The molecule has 9 heteroatoms. The summed E-state index contributed by atoms with van der Waals surface area (Å²) >= 11 is 0. The number of benzene rings is 8. The van der Waals surface area contributed by atoms with Crippen LogP contribution in [0.15, 0.2) is 164 Å². The maximum absolute atomic E-state index is 13.0. The minimum atomic E-state index is -1.17. The maximum atomic E-state index is 13.0. The van der Waals surface area contributed by atoms with E-state index < -0.39 is 24.0 Å². The molecule has 9 nitrogen and oxygen atoms in total. The molecule has 0 radical (unpaired) electrons. The van der Waals surface area contributed by atoms with Crippen molar-refractivity contribution in [1.29, 1.82) is 0 Å². The SMILES string of the molecule is CC(C)NCC(O)COc1cccc2ccccc12.CCCCOC(=O)c1ccc(OC(=O)c2c(C(=O)O)ccc(CCC)c2CCC)cc1.c1cc2c3c(cccc3c1)CC2.c1ccc2ccccc2c1. The van der Waals surface area contributed by atoms with Crippen molar-refractivity contribution in [2.24, 2.45) is 0 Å². The van der Waals surface area contributed by atoms with E-state index in [-0.39, 0.29) is 16.9 Å². The van der Waals surface area contributed by atoms with E-state index in [1.165, 1.54) is 75.8 Å². The van der Waals surface area contributed by atoms with E-state index in [1.54, 1.807) is 6.07 Å². The van der Waals surface area contributed by atoms with Gasteiger partial charge in [-0.25, -0.2) is 14.4 Å². The van der Waals surface area contributed by atoms with Crippen molar-refractivity contribution < 1.29 is 38.8 Å². The fourth-order valence-electron chi connectivity index (χ4n) is 8.61. The second-order valence-corrected chi connectivity index (χ2v) is 18.1. The summed E-state index contributed by atoms with van der Waals surface area (Å²) in [7, 11) is 0. The Bertz CT molecular complexity index is 2910. The molecule has 72 heavy (non-hydrogen) atoms. The molecule has 0 bridgehead atoms. The lowest BCUT2D eigenvalue weighted by Gasteiger charge is -2.16. The number of esters is 2. The predicted octanol–water partition coefficient (Wildman–Crippen LogP) is 13.8. The quantitative estimate of drug-likeness (QED) is 0.0464. The molecule has 0 aromatic heterocycles. The molecule has 1 aliphatic carbocycles. The van der Waals surface area contributed by atoms with Crippen LogP contribution in [0, 0.1) is 0 Å². The Morgan fingerprint density at radius 3 is 1.76 bits per heavy atom. The highest BCUT2D eigenvalue weighted by atomic mass is 16.5. The molecule has 0 aliphatic heterocycles. The van der Waals surface area contributed by atoms with Crippen LogP contribution >= 0.6 is 0 Å². The van der Waals surface area contributed by atoms with Crippen LogP contribution in [0.2, 0.25) is 0 Å². The second-order valence-electron chi connectivity index (χ2n) is 18.1. The monoisotopic (exact) mass is 968 g/mol. The first-order valence-electron chi connectivity index (χ1n) is 25.3. The molecular formula is C63H69NO8. The topological polar surface area (TPSA) is 131 Å². The molecule has 1 unspecified atom stereocenters. The van der Waals surface area contributed by atoms with Crippen LogP contribution in [0.1, 0.15) is 114 Å². The number of aliphatic hydroxyl groups is 1. The Hall–Kier alpha value is -7.33. The summed E-state index contributed by atoms with van der Waals surface area (Å²) < 4.78 is 16.4. The first kappa shape index (κ1) is 54.0. The molecule has 0 saturated carbocycles. The van der Waals surface area contributed by atoms with Crippen molar-refractivity contribution in [3.05, 3.63) is 203 Å². The highest BCUT2D eigenvalue weighted by molar-refractivity contribution is 6.04. The van der Waals surface area contributed by atoms with Crippen molar-refractivity contribution in [3.8, 4) is 11.5 Å². The van der Waals surface area contributed by atoms with Crippen molar-refractivity contribution >= 4 is 50.2 Å². The molecule has 0 saturated heterocycles. The Morgan fingerprint density at radius 1 is 0.611 bits per heavy atom. The number of rotatable bonds is 17. The minimum Gasteiger partial charge on any atom is -0.490 e. The first-order valence-corrected chi connectivity index (χ1v) is 25.3. The van der Waals surface area contributed by atoms with Gasteiger partial charge in [0.25, 0.3) is 0 Å². The molecule has 1 aliphatic rings. The highest BCUT2D eigenvalue weighted by Gasteiger charge is 2.25. The standard InChI is InChI=1S/C25H30O6.C16H21NO2.C12H10.C10H8/c1-4-7-16-30-24(28)18-10-13-19(14-11-18)31-25(29)22-20(9-6-3)17(8-5-2)12-15-21(22)23(26)27;1-12(2)17-10-14(18)11-19-16-9-5-7-13-6-3-4-8-15(13)16;1-3-9-4-2-6-11-8-7-10(5-1)12(9)11;1-2-6-10-8-4-3-7-9(10)5-1/h10-15H,4-9,16H2,1-3H3,(H,26,27);3-9,12,14,17-18H,10-11H2,1-2H3;1-6H,7-8H2;1-8H. The van der Waals surface area contributed by atoms with Crippen LogP contribution in [0.5, 0.6) is 11.5 Å². The number of fused-ring (bicyclic) bond motifs is 2. The molecular weight excluding hydrogens is 899 g/mol. The fourth-order valence-corrected chi connectivity index (χ4v) is 8.61. The maximum Gasteiger partial charge on any atom is 0.344 e. The summed E-state index contributed by atoms with van der Waals surface area (Å²) in [6.45, 7) is 11.3. The summed E-state index contributed by atoms with van der Waals surface area (Å²) in [5, 5.41) is 30.4. The summed E-state index contributed by atoms with van der Waals surface area (Å²) in [5.41, 5.74) is 5.15. The fraction of sp³-hybridized carbons (Fsp3) is 0.286. The molecule has 0 fully saturated rings. The van der Waals surface area contributed by atoms with Gasteiger partial charge in [0.15, 0.2) is 0 Å². The Balaban J connectivity index is 0.000000173. The zero-order chi connectivity index (χ0) is 51.2. The molecule has 0 spiro atoms. The van der Waals surface area contributed by atoms with Gasteiger partial charge in [-0.2, -0.15) is 0 Å². The van der Waals surface area contributed by atoms with Gasteiger partial charge in [0.2, 0.25) is 0 Å². The number of carboxylic acids is 1. The van der Waals surface area contributed by atoms with Crippen LogP contribution in [-0.4, -0.2) is 60.0 Å². The average molecular weight is 968 g/mol. The third-order valence-corrected chi connectivity index (χ3v) is 12.2. The van der Waals surface area contributed by atoms with E-state index in [2.05, 4.69) is 116 Å². The van der Waals surface area contributed by atoms with Crippen LogP contribution in [0.3, 0.4) is 0 Å². The van der Waals surface area contributed by atoms with Crippen LogP contribution < -0.4 is 14.8 Å². The lowest BCUT2D eigenvalue weighted by atomic mass is 9.91. The Kier molecular flexibility index (Phi) is 20.9. The highest BCUT2D eigenvalue weighted by Crippen LogP contribution is 2.30. The molecule has 8 aromatic rings. The van der Waals surface area contributed by atoms with E-state index >= 15 is 0 Å². The van der Waals surface area contributed by atoms with E-state index in [4.69, 9.17) is 14.2 Å². The number of ether oxygens (including phenoxy) is 3. The van der Waals surface area contributed by atoms with Crippen LogP contribution in [-0.2, 0) is 30.4 Å². The molecule has 0 amide bonds. The Labute approximate surface area is 424 Å². The second kappa shape index (κ2) is 27.9. The van der Waals surface area contributed by atoms with Crippen molar-refractivity contribution in [2.45, 2.75) is 98.1 Å². The molecule has 9 rings (SSSR count). The van der Waals surface area contributed by atoms with Crippen LogP contribution in [0.4, 0.5) is 0 Å². The Morgan fingerprint density at radius 2 is 1.18 bits per heavy atom. The molecule has 8 aromatic carbocycles. The van der Waals surface area contributed by atoms with Gasteiger partial charge in [0.1, 0.15) is 24.2 Å². The normalized spacial score (nSPS) is 11.7. The predicted molar refractivity (Wildman–Crippen MR) is 292 cm³/mol. The average Bonchev–Trinajstić information content (AvgIpc) is 3.83. The smallest absolute Gasteiger partial charge is 0.344 e. The van der Waals surface area contributed by atoms with Gasteiger partial charge in [-0.1, -0.05) is 181 Å². The minimum absolute atomic E-state index is 0.0653. The third kappa shape index (κ3) is 15.3. The van der Waals surface area contributed by atoms with Gasteiger partial charge < -0.3 is 29.7 Å². The van der Waals surface area contributed by atoms with Gasteiger partial charge in [0.05, 0.1) is 23.3 Å². The van der Waals surface area contributed by atoms with Crippen molar-refractivity contribution in [3.63, 3.8) is 0 Å². The van der Waals surface area contributed by atoms with Gasteiger partial charge in [0, 0.05) is 18.0 Å². The van der Waals surface area contributed by atoms with Gasteiger partial charge in [-0.15, -0.1) is 0 Å². The van der Waals surface area contributed by atoms with E-state index in [1.807, 2.05) is 51.1 Å². The van der Waals surface area contributed by atoms with Gasteiger partial charge in [-0.05, 0) is 118 Å². The van der Waals surface area contributed by atoms with Crippen molar-refractivity contribution in [2.75, 3.05) is 19.8 Å². The van der Waals surface area contributed by atoms with Gasteiger partial charge >= 0.3 is 17.9 Å². The van der Waals surface area contributed by atoms with Crippen molar-refractivity contribution in [1.82, 2.24) is 5.32 Å². The number of aryl methyl sites for hydroxylation is 3. The first-order chi connectivity index (χ1) is 35.0. The van der Waals surface area contributed by atoms with E-state index in [0.717, 1.165) is 59.8 Å². The summed E-state index contributed by atoms with van der Waals surface area (Å²) in [5.74, 6) is -1.26. The number of hydrogen-bond acceptors (Lipinski definition) is 8. The van der Waals surface area contributed by atoms with Gasteiger partial charge in [-0.3, -0.25) is 0 Å². The largest absolute Gasteiger partial charge is 0.490 e. The van der Waals surface area contributed by atoms with Crippen LogP contribution in [0.25, 0.3) is 32.3 Å². The van der Waals surface area contributed by atoms with E-state index in [0.29, 0.717) is 37.8 Å². The molecule has 3 N–H and O–H groups in total. The number of carboxylic acid groups (broad SMARTS) is 1. The number of unbranched alkanes of at least 4 members (excludes halogenated alkanes) is 1. The number of aromatic carboxylic acids is 1. The zero-order valence-electron chi connectivity index (χ0n) is 42.4. The molecule has 374 valence electrons. The lowest BCUT2D eigenvalue weighted by Crippen LogP contribution is -2.35. The summed E-state index contributed by atoms with van der Waals surface area (Å²) in [6.07, 6.45) is 6.69. The molecule has 0 heterocycles. The lowest BCUT2D eigenvalue weighted by molar-refractivity contribution is 0.0499. The zero-order valence-corrected chi connectivity index (χ0v) is 42.4. The number of hydrogen-bond donors (Lipinski definition) is 3. The summed E-state index contributed by atoms with van der Waals surface area (Å²) in [4.78, 5) is 36.8. The molecule has 1 atom stereocenters. The number of carbonyl (C=O) groups is 3.